The van der Waals surface area contributed by atoms with Gasteiger partial charge in [0.1, 0.15) is 0 Å². The van der Waals surface area contributed by atoms with Crippen molar-refractivity contribution in [3.05, 3.63) is 35.9 Å². The Hall–Kier alpha value is -1.52. The number of fused-ring (bicyclic) bond motifs is 1. The Labute approximate surface area is 145 Å². The van der Waals surface area contributed by atoms with Crippen molar-refractivity contribution >= 4 is 0 Å². The van der Waals surface area contributed by atoms with Gasteiger partial charge in [-0.25, -0.2) is 0 Å². The van der Waals surface area contributed by atoms with E-state index in [9.17, 15) is 5.11 Å². The number of aliphatic hydroxyl groups is 1. The minimum absolute atomic E-state index is 0.0942. The molecule has 1 heterocycles. The van der Waals surface area contributed by atoms with Crippen LogP contribution in [-0.2, 0) is 5.41 Å². The number of rotatable bonds is 3. The predicted molar refractivity (Wildman–Crippen MR) is 95.8 cm³/mol. The quantitative estimate of drug-likeness (QED) is 0.865. The maximum Gasteiger partial charge on any atom is 0.161 e. The third kappa shape index (κ3) is 2.62. The first-order valence-electron chi connectivity index (χ1n) is 8.65. The van der Waals surface area contributed by atoms with Gasteiger partial charge in [0, 0.05) is 16.9 Å². The van der Waals surface area contributed by atoms with Gasteiger partial charge < -0.3 is 19.5 Å². The first-order valence-corrected chi connectivity index (χ1v) is 8.65. The van der Waals surface area contributed by atoms with Crippen LogP contribution >= 0.6 is 0 Å². The van der Waals surface area contributed by atoms with Crippen molar-refractivity contribution in [1.82, 2.24) is 4.90 Å². The van der Waals surface area contributed by atoms with Crippen LogP contribution in [0.2, 0.25) is 0 Å². The molecule has 24 heavy (non-hydrogen) atoms. The number of likely N-dealkylation sites (N-methyl/N-ethyl adjacent to an activating group) is 1. The fourth-order valence-corrected chi connectivity index (χ4v) is 4.21. The fraction of sp³-hybridized carbons (Fsp3) is 0.600. The van der Waals surface area contributed by atoms with E-state index in [1.165, 1.54) is 5.56 Å². The Bertz CT molecular complexity index is 640. The first kappa shape index (κ1) is 17.3. The summed E-state index contributed by atoms with van der Waals surface area (Å²) < 4.78 is 10.9. The Kier molecular flexibility index (Phi) is 4.39. The topological polar surface area (TPSA) is 41.9 Å². The van der Waals surface area contributed by atoms with E-state index in [0.717, 1.165) is 30.9 Å². The SMILES string of the molecule is COc1ccc([C@@]23C=CC(C)(C)[C@H](O)C[C@@H]2N(C)CC3)cc1OC. The zero-order chi connectivity index (χ0) is 17.5. The molecule has 0 amide bonds. The molecule has 3 rings (SSSR count). The number of nitrogens with zero attached hydrogens (tertiary/aromatic N) is 1. The van der Waals surface area contributed by atoms with Crippen molar-refractivity contribution in [1.29, 1.82) is 0 Å². The molecule has 0 bridgehead atoms. The number of benzene rings is 1. The van der Waals surface area contributed by atoms with Crippen LogP contribution in [0.1, 0.15) is 32.3 Å². The van der Waals surface area contributed by atoms with Crippen molar-refractivity contribution < 1.29 is 14.6 Å². The molecule has 1 aromatic rings. The molecule has 1 aliphatic heterocycles. The van der Waals surface area contributed by atoms with Crippen molar-refractivity contribution in [2.45, 2.75) is 44.2 Å². The van der Waals surface area contributed by atoms with Crippen LogP contribution in [0.5, 0.6) is 11.5 Å². The van der Waals surface area contributed by atoms with Gasteiger partial charge in [-0.15, -0.1) is 0 Å². The molecule has 1 saturated heterocycles. The monoisotopic (exact) mass is 331 g/mol. The van der Waals surface area contributed by atoms with Gasteiger partial charge in [-0.05, 0) is 44.1 Å². The van der Waals surface area contributed by atoms with E-state index in [0.29, 0.717) is 0 Å². The van der Waals surface area contributed by atoms with E-state index < -0.39 is 0 Å². The lowest BCUT2D eigenvalue weighted by Gasteiger charge is -2.36. The first-order chi connectivity index (χ1) is 11.3. The maximum atomic E-state index is 10.7. The summed E-state index contributed by atoms with van der Waals surface area (Å²) in [5.41, 5.74) is 0.924. The Morgan fingerprint density at radius 3 is 2.50 bits per heavy atom. The van der Waals surface area contributed by atoms with Crippen LogP contribution < -0.4 is 9.47 Å². The number of hydrogen-bond donors (Lipinski definition) is 1. The molecule has 1 fully saturated rings. The number of hydrogen-bond acceptors (Lipinski definition) is 4. The molecule has 1 aromatic carbocycles. The number of aliphatic hydroxyl groups excluding tert-OH is 1. The molecule has 4 heteroatoms. The third-order valence-electron chi connectivity index (χ3n) is 6.04. The molecule has 4 nitrogen and oxygen atoms in total. The van der Waals surface area contributed by atoms with Crippen molar-refractivity contribution in [2.24, 2.45) is 5.41 Å². The fourth-order valence-electron chi connectivity index (χ4n) is 4.21. The molecule has 0 unspecified atom stereocenters. The van der Waals surface area contributed by atoms with Crippen LogP contribution in [0.15, 0.2) is 30.4 Å². The lowest BCUT2D eigenvalue weighted by atomic mass is 9.73. The van der Waals surface area contributed by atoms with Crippen LogP contribution in [0.3, 0.4) is 0 Å². The van der Waals surface area contributed by atoms with Gasteiger partial charge in [0.05, 0.1) is 20.3 Å². The summed E-state index contributed by atoms with van der Waals surface area (Å²) in [6.45, 7) is 5.24. The molecular formula is C20H29NO3. The molecule has 0 radical (unpaired) electrons. The third-order valence-corrected chi connectivity index (χ3v) is 6.04. The van der Waals surface area contributed by atoms with Gasteiger partial charge in [-0.3, -0.25) is 0 Å². The summed E-state index contributed by atoms with van der Waals surface area (Å²) in [4.78, 5) is 2.38. The maximum absolute atomic E-state index is 10.7. The highest BCUT2D eigenvalue weighted by Gasteiger charge is 2.49. The van der Waals surface area contributed by atoms with Crippen molar-refractivity contribution in [3.63, 3.8) is 0 Å². The summed E-state index contributed by atoms with van der Waals surface area (Å²) >= 11 is 0. The van der Waals surface area contributed by atoms with Gasteiger partial charge in [0.15, 0.2) is 11.5 Å². The molecule has 3 atom stereocenters. The van der Waals surface area contributed by atoms with Crippen LogP contribution in [0, 0.1) is 5.41 Å². The highest BCUT2D eigenvalue weighted by molar-refractivity contribution is 5.48. The van der Waals surface area contributed by atoms with Gasteiger partial charge in [0.25, 0.3) is 0 Å². The van der Waals surface area contributed by atoms with Crippen molar-refractivity contribution in [2.75, 3.05) is 27.8 Å². The normalized spacial score (nSPS) is 32.2. The Balaban J connectivity index is 2.12. The smallest absolute Gasteiger partial charge is 0.161 e. The average Bonchev–Trinajstić information content (AvgIpc) is 2.84. The van der Waals surface area contributed by atoms with E-state index in [-0.39, 0.29) is 23.0 Å². The van der Waals surface area contributed by atoms with Crippen LogP contribution in [-0.4, -0.2) is 50.0 Å². The summed E-state index contributed by atoms with van der Waals surface area (Å²) in [7, 11) is 5.49. The summed E-state index contributed by atoms with van der Waals surface area (Å²) in [6.07, 6.45) is 6.00. The number of methoxy groups -OCH3 is 2. The molecule has 0 spiro atoms. The molecule has 0 saturated carbocycles. The Morgan fingerprint density at radius 1 is 1.12 bits per heavy atom. The molecular weight excluding hydrogens is 302 g/mol. The number of ether oxygens (including phenoxy) is 2. The van der Waals surface area contributed by atoms with E-state index in [2.05, 4.69) is 50.1 Å². The Morgan fingerprint density at radius 2 is 1.83 bits per heavy atom. The largest absolute Gasteiger partial charge is 0.493 e. The van der Waals surface area contributed by atoms with E-state index in [1.54, 1.807) is 14.2 Å². The highest BCUT2D eigenvalue weighted by atomic mass is 16.5. The van der Waals surface area contributed by atoms with Gasteiger partial charge in [0.2, 0.25) is 0 Å². The second kappa shape index (κ2) is 6.08. The molecule has 2 aliphatic rings. The van der Waals surface area contributed by atoms with Crippen LogP contribution in [0.25, 0.3) is 0 Å². The zero-order valence-corrected chi connectivity index (χ0v) is 15.4. The van der Waals surface area contributed by atoms with Crippen molar-refractivity contribution in [3.8, 4) is 11.5 Å². The molecule has 132 valence electrons. The minimum atomic E-state index is -0.346. The lowest BCUT2D eigenvalue weighted by Crippen LogP contribution is -2.42. The van der Waals surface area contributed by atoms with E-state index in [1.807, 2.05) is 6.07 Å². The van der Waals surface area contributed by atoms with E-state index >= 15 is 0 Å². The second-order valence-electron chi connectivity index (χ2n) is 7.76. The lowest BCUT2D eigenvalue weighted by molar-refractivity contribution is 0.0516. The van der Waals surface area contributed by atoms with Gasteiger partial charge in [-0.2, -0.15) is 0 Å². The molecule has 1 aliphatic carbocycles. The summed E-state index contributed by atoms with van der Waals surface area (Å²) in [5.74, 6) is 1.51. The predicted octanol–water partition coefficient (Wildman–Crippen LogP) is 2.99. The van der Waals surface area contributed by atoms with Gasteiger partial charge >= 0.3 is 0 Å². The summed E-state index contributed by atoms with van der Waals surface area (Å²) in [5, 5.41) is 10.7. The van der Waals surface area contributed by atoms with Gasteiger partial charge in [-0.1, -0.05) is 32.1 Å². The summed E-state index contributed by atoms with van der Waals surface area (Å²) in [6, 6.07) is 6.50. The second-order valence-corrected chi connectivity index (χ2v) is 7.76. The molecule has 0 aromatic heterocycles. The molecule has 1 N–H and O–H groups in total. The highest BCUT2D eigenvalue weighted by Crippen LogP contribution is 2.48. The van der Waals surface area contributed by atoms with Crippen LogP contribution in [0.4, 0.5) is 0 Å². The van der Waals surface area contributed by atoms with E-state index in [4.69, 9.17) is 9.47 Å². The zero-order valence-electron chi connectivity index (χ0n) is 15.4. The minimum Gasteiger partial charge on any atom is -0.493 e. The number of likely N-dealkylation sites (tertiary alicyclic amines) is 1. The standard InChI is InChI=1S/C20H29NO3/c1-19(2)8-9-20(10-11-21(3)17(20)13-18(19)22)14-6-7-15(23-4)16(12-14)24-5/h6-9,12,17-18,22H,10-11,13H2,1-5H3/t17-,18+,20-/m0/s1. The average molecular weight is 331 g/mol.